The van der Waals surface area contributed by atoms with Gasteiger partial charge in [0, 0.05) is 14.1 Å². The lowest BCUT2D eigenvalue weighted by atomic mass is 10.2. The maximum Gasteiger partial charge on any atom is 0.227 e. The van der Waals surface area contributed by atoms with Gasteiger partial charge in [0.2, 0.25) is 5.91 Å². The average molecular weight is 337 g/mol. The number of carbonyl (C=O) groups is 1. The van der Waals surface area contributed by atoms with Crippen LogP contribution >= 0.6 is 11.6 Å². The van der Waals surface area contributed by atoms with Gasteiger partial charge in [-0.2, -0.15) is 0 Å². The minimum absolute atomic E-state index is 0.177. The van der Waals surface area contributed by atoms with Gasteiger partial charge in [0.15, 0.2) is 0 Å². The Morgan fingerprint density at radius 3 is 2.57 bits per heavy atom. The molecule has 0 atom stereocenters. The van der Waals surface area contributed by atoms with Crippen LogP contribution in [0.5, 0.6) is 5.75 Å². The lowest BCUT2D eigenvalue weighted by Crippen LogP contribution is -2.18. The van der Waals surface area contributed by atoms with Crippen molar-refractivity contribution in [2.75, 3.05) is 30.9 Å². The van der Waals surface area contributed by atoms with Gasteiger partial charge in [0.25, 0.3) is 0 Å². The largest absolute Gasteiger partial charge is 0.493 e. The van der Waals surface area contributed by atoms with E-state index in [4.69, 9.17) is 16.3 Å². The molecule has 0 aliphatic heterocycles. The summed E-state index contributed by atoms with van der Waals surface area (Å²) in [6.45, 7) is 0.204. The molecule has 2 rings (SSSR count). The number of carbonyl (C=O) groups excluding carboxylic acids is 1. The van der Waals surface area contributed by atoms with E-state index < -0.39 is 0 Å². The molecule has 0 bridgehead atoms. The fourth-order valence-electron chi connectivity index (χ4n) is 2.08. The van der Waals surface area contributed by atoms with Crippen LogP contribution in [-0.2, 0) is 4.79 Å². The molecule has 23 heavy (non-hydrogen) atoms. The van der Waals surface area contributed by atoms with Crippen molar-refractivity contribution in [1.29, 1.82) is 0 Å². The number of halogens is 2. The molecule has 0 spiro atoms. The summed E-state index contributed by atoms with van der Waals surface area (Å²) < 4.78 is 18.2. The van der Waals surface area contributed by atoms with E-state index in [1.807, 2.05) is 19.0 Å². The van der Waals surface area contributed by atoms with Crippen molar-refractivity contribution in [3.05, 3.63) is 53.3 Å². The van der Waals surface area contributed by atoms with Crippen molar-refractivity contribution >= 4 is 28.9 Å². The number of hydrogen-bond donors (Lipinski definition) is 1. The van der Waals surface area contributed by atoms with E-state index in [2.05, 4.69) is 5.32 Å². The number of nitrogens with one attached hydrogen (secondary N) is 1. The number of hydrogen-bond acceptors (Lipinski definition) is 3. The summed E-state index contributed by atoms with van der Waals surface area (Å²) in [7, 11) is 3.71. The lowest BCUT2D eigenvalue weighted by Gasteiger charge is -2.19. The van der Waals surface area contributed by atoms with Crippen LogP contribution in [0.4, 0.5) is 15.8 Å². The number of anilines is 2. The molecule has 1 amide bonds. The van der Waals surface area contributed by atoms with Crippen molar-refractivity contribution in [2.24, 2.45) is 0 Å². The monoisotopic (exact) mass is 336 g/mol. The Hall–Kier alpha value is -2.27. The molecule has 122 valence electrons. The fourth-order valence-corrected chi connectivity index (χ4v) is 2.42. The SMILES string of the molecule is CN(C)c1c(Cl)cccc1NC(=O)CCOc1ccc(F)cc1. The molecule has 0 unspecified atom stereocenters. The van der Waals surface area contributed by atoms with Crippen molar-refractivity contribution < 1.29 is 13.9 Å². The first-order valence-electron chi connectivity index (χ1n) is 7.11. The summed E-state index contributed by atoms with van der Waals surface area (Å²) in [5.74, 6) is 0.0145. The number of rotatable bonds is 6. The van der Waals surface area contributed by atoms with Gasteiger partial charge in [0.05, 0.1) is 29.4 Å². The Labute approximate surface area is 139 Å². The molecule has 0 aromatic heterocycles. The van der Waals surface area contributed by atoms with Gasteiger partial charge in [-0.25, -0.2) is 4.39 Å². The Bertz CT molecular complexity index is 675. The van der Waals surface area contributed by atoms with Gasteiger partial charge < -0.3 is 15.0 Å². The predicted molar refractivity (Wildman–Crippen MR) is 90.9 cm³/mol. The van der Waals surface area contributed by atoms with Crippen LogP contribution in [0, 0.1) is 5.82 Å². The molecule has 2 aromatic rings. The van der Waals surface area contributed by atoms with E-state index in [0.29, 0.717) is 16.5 Å². The van der Waals surface area contributed by atoms with Gasteiger partial charge in [-0.3, -0.25) is 4.79 Å². The van der Waals surface area contributed by atoms with Crippen molar-refractivity contribution in [1.82, 2.24) is 0 Å². The van der Waals surface area contributed by atoms with Crippen LogP contribution in [0.3, 0.4) is 0 Å². The molecule has 4 nitrogen and oxygen atoms in total. The number of benzene rings is 2. The van der Waals surface area contributed by atoms with Crippen molar-refractivity contribution in [3.8, 4) is 5.75 Å². The van der Waals surface area contributed by atoms with E-state index in [1.54, 1.807) is 18.2 Å². The molecule has 6 heteroatoms. The number of para-hydroxylation sites is 1. The van der Waals surface area contributed by atoms with Crippen LogP contribution in [0.25, 0.3) is 0 Å². The second-order valence-electron chi connectivity index (χ2n) is 5.13. The highest BCUT2D eigenvalue weighted by molar-refractivity contribution is 6.34. The molecule has 1 N–H and O–H groups in total. The molecule has 2 aromatic carbocycles. The third kappa shape index (κ3) is 4.86. The van der Waals surface area contributed by atoms with Gasteiger partial charge in [0.1, 0.15) is 11.6 Å². The van der Waals surface area contributed by atoms with Crippen molar-refractivity contribution in [3.63, 3.8) is 0 Å². The van der Waals surface area contributed by atoms with Crippen LogP contribution < -0.4 is 15.0 Å². The standard InChI is InChI=1S/C17H18ClFN2O2/c1-21(2)17-14(18)4-3-5-15(17)20-16(22)10-11-23-13-8-6-12(19)7-9-13/h3-9H,10-11H2,1-2H3,(H,20,22). The van der Waals surface area contributed by atoms with Gasteiger partial charge >= 0.3 is 0 Å². The minimum atomic E-state index is -0.327. The predicted octanol–water partition coefficient (Wildman–Crippen LogP) is 3.95. The van der Waals surface area contributed by atoms with E-state index in [1.165, 1.54) is 24.3 Å². The van der Waals surface area contributed by atoms with E-state index in [-0.39, 0.29) is 24.8 Å². The van der Waals surface area contributed by atoms with Crippen molar-refractivity contribution in [2.45, 2.75) is 6.42 Å². The first-order valence-corrected chi connectivity index (χ1v) is 7.49. The smallest absolute Gasteiger partial charge is 0.227 e. The molecular weight excluding hydrogens is 319 g/mol. The molecule has 0 saturated heterocycles. The highest BCUT2D eigenvalue weighted by Gasteiger charge is 2.11. The third-order valence-electron chi connectivity index (χ3n) is 3.12. The Morgan fingerprint density at radius 2 is 1.91 bits per heavy atom. The zero-order valence-electron chi connectivity index (χ0n) is 13.0. The molecule has 0 saturated carbocycles. The molecular formula is C17H18ClFN2O2. The molecule has 0 radical (unpaired) electrons. The quantitative estimate of drug-likeness (QED) is 0.868. The molecule has 0 fully saturated rings. The first-order chi connectivity index (χ1) is 11.0. The highest BCUT2D eigenvalue weighted by Crippen LogP contribution is 2.32. The Morgan fingerprint density at radius 1 is 1.22 bits per heavy atom. The third-order valence-corrected chi connectivity index (χ3v) is 3.42. The minimum Gasteiger partial charge on any atom is -0.493 e. The topological polar surface area (TPSA) is 41.6 Å². The van der Waals surface area contributed by atoms with Gasteiger partial charge in [-0.15, -0.1) is 0 Å². The summed E-state index contributed by atoms with van der Waals surface area (Å²) in [6.07, 6.45) is 0.177. The lowest BCUT2D eigenvalue weighted by molar-refractivity contribution is -0.116. The normalized spacial score (nSPS) is 10.3. The van der Waals surface area contributed by atoms with Crippen LogP contribution in [0.2, 0.25) is 5.02 Å². The summed E-state index contributed by atoms with van der Waals surface area (Å²) in [5.41, 5.74) is 1.40. The van der Waals surface area contributed by atoms with E-state index in [9.17, 15) is 9.18 Å². The zero-order chi connectivity index (χ0) is 16.8. The Balaban J connectivity index is 1.90. The summed E-state index contributed by atoms with van der Waals surface area (Å²) in [6, 6.07) is 11.0. The number of ether oxygens (including phenoxy) is 1. The second kappa shape index (κ2) is 7.83. The summed E-state index contributed by atoms with van der Waals surface area (Å²) in [5, 5.41) is 3.39. The fraction of sp³-hybridized carbons (Fsp3) is 0.235. The van der Waals surface area contributed by atoms with Gasteiger partial charge in [-0.1, -0.05) is 17.7 Å². The highest BCUT2D eigenvalue weighted by atomic mass is 35.5. The second-order valence-corrected chi connectivity index (χ2v) is 5.54. The summed E-state index contributed by atoms with van der Waals surface area (Å²) >= 11 is 6.16. The molecule has 0 aliphatic rings. The van der Waals surface area contributed by atoms with E-state index in [0.717, 1.165) is 5.69 Å². The van der Waals surface area contributed by atoms with E-state index >= 15 is 0 Å². The maximum absolute atomic E-state index is 12.8. The first kappa shape index (κ1) is 17.1. The number of nitrogens with zero attached hydrogens (tertiary/aromatic N) is 1. The maximum atomic E-state index is 12.8. The number of amides is 1. The summed E-state index contributed by atoms with van der Waals surface area (Å²) in [4.78, 5) is 13.9. The van der Waals surface area contributed by atoms with Crippen LogP contribution in [0.1, 0.15) is 6.42 Å². The zero-order valence-corrected chi connectivity index (χ0v) is 13.7. The van der Waals surface area contributed by atoms with Crippen LogP contribution in [-0.4, -0.2) is 26.6 Å². The van der Waals surface area contributed by atoms with Gasteiger partial charge in [-0.05, 0) is 36.4 Å². The van der Waals surface area contributed by atoms with Crippen LogP contribution in [0.15, 0.2) is 42.5 Å². The average Bonchev–Trinajstić information content (AvgIpc) is 2.49. The Kier molecular flexibility index (Phi) is 5.82. The molecule has 0 aliphatic carbocycles. The molecule has 0 heterocycles.